The van der Waals surface area contributed by atoms with Crippen molar-refractivity contribution in [3.05, 3.63) is 35.9 Å². The van der Waals surface area contributed by atoms with Crippen molar-refractivity contribution < 1.29 is 14.6 Å². The van der Waals surface area contributed by atoms with Gasteiger partial charge in [-0.05, 0) is 18.1 Å². The molecule has 0 aliphatic heterocycles. The van der Waals surface area contributed by atoms with Gasteiger partial charge in [0.05, 0.1) is 25.2 Å². The maximum atomic E-state index is 11.1. The first-order valence-electron chi connectivity index (χ1n) is 5.29. The van der Waals surface area contributed by atoms with Gasteiger partial charge in [0.1, 0.15) is 0 Å². The van der Waals surface area contributed by atoms with Gasteiger partial charge >= 0.3 is 5.97 Å². The molecule has 0 aliphatic carbocycles. The highest BCUT2D eigenvalue weighted by atomic mass is 16.5. The Balaban J connectivity index is 2.27. The second-order valence-corrected chi connectivity index (χ2v) is 3.96. The second kappa shape index (κ2) is 4.55. The lowest BCUT2D eigenvalue weighted by molar-refractivity contribution is -0.150. The molecular formula is C12H14N2O3. The number of imidazole rings is 1. The molecule has 0 amide bonds. The fourth-order valence-corrected chi connectivity index (χ4v) is 1.84. The number of fused-ring (bicyclic) bond motifs is 1. The average molecular weight is 234 g/mol. The first-order valence-corrected chi connectivity index (χ1v) is 5.29. The summed E-state index contributed by atoms with van der Waals surface area (Å²) in [6.07, 6.45) is 4.43. The van der Waals surface area contributed by atoms with Gasteiger partial charge in [-0.1, -0.05) is 6.07 Å². The third-order valence-corrected chi connectivity index (χ3v) is 2.68. The van der Waals surface area contributed by atoms with E-state index >= 15 is 0 Å². The van der Waals surface area contributed by atoms with Crippen molar-refractivity contribution in [3.63, 3.8) is 0 Å². The summed E-state index contributed by atoms with van der Waals surface area (Å²) in [7, 11) is 1.26. The molecule has 0 aliphatic rings. The summed E-state index contributed by atoms with van der Waals surface area (Å²) in [4.78, 5) is 15.2. The summed E-state index contributed by atoms with van der Waals surface area (Å²) in [5.74, 6) is -0.617. The number of rotatable bonds is 3. The molecule has 0 saturated carbocycles. The summed E-state index contributed by atoms with van der Waals surface area (Å²) < 4.78 is 6.35. The molecule has 5 nitrogen and oxygen atoms in total. The predicted octanol–water partition coefficient (Wildman–Crippen LogP) is 0.719. The molecule has 0 bridgehead atoms. The smallest absolute Gasteiger partial charge is 0.335 e. The van der Waals surface area contributed by atoms with Gasteiger partial charge in [-0.25, -0.2) is 9.78 Å². The molecule has 2 aromatic rings. The highest BCUT2D eigenvalue weighted by Gasteiger charge is 2.16. The Bertz CT molecular complexity index is 548. The summed E-state index contributed by atoms with van der Waals surface area (Å²) >= 11 is 0. The summed E-state index contributed by atoms with van der Waals surface area (Å²) in [5.41, 5.74) is 2.93. The minimum absolute atomic E-state index is 0.238. The van der Waals surface area contributed by atoms with Crippen molar-refractivity contribution in [1.29, 1.82) is 0 Å². The maximum absolute atomic E-state index is 11.1. The lowest BCUT2D eigenvalue weighted by atomic mass is 10.1. The number of aryl methyl sites for hydroxylation is 1. The van der Waals surface area contributed by atoms with Crippen molar-refractivity contribution >= 4 is 11.5 Å². The van der Waals surface area contributed by atoms with Gasteiger partial charge in [0.15, 0.2) is 6.10 Å². The highest BCUT2D eigenvalue weighted by Crippen LogP contribution is 2.13. The minimum Gasteiger partial charge on any atom is -0.467 e. The molecule has 2 aromatic heterocycles. The first kappa shape index (κ1) is 11.6. The Labute approximate surface area is 98.7 Å². The van der Waals surface area contributed by atoms with E-state index < -0.39 is 12.1 Å². The van der Waals surface area contributed by atoms with Crippen LogP contribution in [0.15, 0.2) is 24.8 Å². The molecule has 0 radical (unpaired) electrons. The second-order valence-electron chi connectivity index (χ2n) is 3.96. The van der Waals surface area contributed by atoms with Crippen LogP contribution in [-0.2, 0) is 16.0 Å². The number of esters is 1. The molecule has 1 N–H and O–H groups in total. The van der Waals surface area contributed by atoms with Crippen LogP contribution in [0.5, 0.6) is 0 Å². The molecule has 90 valence electrons. The normalized spacial score (nSPS) is 12.6. The molecule has 5 heteroatoms. The maximum Gasteiger partial charge on any atom is 0.335 e. The Morgan fingerprint density at radius 2 is 2.41 bits per heavy atom. The highest BCUT2D eigenvalue weighted by molar-refractivity contribution is 5.74. The Hall–Kier alpha value is -1.88. The van der Waals surface area contributed by atoms with Gasteiger partial charge in [0.2, 0.25) is 0 Å². The van der Waals surface area contributed by atoms with E-state index in [2.05, 4.69) is 9.72 Å². The number of nitrogens with zero attached hydrogens (tertiary/aromatic N) is 2. The zero-order valence-corrected chi connectivity index (χ0v) is 9.75. The molecule has 2 rings (SSSR count). The number of methoxy groups -OCH3 is 1. The van der Waals surface area contributed by atoms with Crippen molar-refractivity contribution in [2.45, 2.75) is 19.4 Å². The quantitative estimate of drug-likeness (QED) is 0.795. The van der Waals surface area contributed by atoms with Gasteiger partial charge in [-0.3, -0.25) is 0 Å². The topological polar surface area (TPSA) is 63.8 Å². The lowest BCUT2D eigenvalue weighted by Gasteiger charge is -2.09. The molecule has 17 heavy (non-hydrogen) atoms. The van der Waals surface area contributed by atoms with Crippen LogP contribution < -0.4 is 0 Å². The van der Waals surface area contributed by atoms with Crippen molar-refractivity contribution in [2.75, 3.05) is 7.11 Å². The number of pyridine rings is 1. The molecule has 0 spiro atoms. The Kier molecular flexibility index (Phi) is 3.10. The number of hydrogen-bond donors (Lipinski definition) is 1. The van der Waals surface area contributed by atoms with E-state index in [0.717, 1.165) is 16.6 Å². The average Bonchev–Trinajstić information content (AvgIpc) is 2.76. The number of aromatic nitrogens is 2. The van der Waals surface area contributed by atoms with Gasteiger partial charge < -0.3 is 14.2 Å². The van der Waals surface area contributed by atoms with Crippen LogP contribution in [-0.4, -0.2) is 33.7 Å². The standard InChI is InChI=1S/C12H14N2O3/c1-8-3-9(4-11(15)12(16)17-2)6-14-7-13-5-10(8)14/h3,5-7,11,15H,4H2,1-2H3. The van der Waals surface area contributed by atoms with E-state index in [1.807, 2.05) is 23.6 Å². The monoisotopic (exact) mass is 234 g/mol. The number of ether oxygens (including phenoxy) is 1. The minimum atomic E-state index is -1.12. The lowest BCUT2D eigenvalue weighted by Crippen LogP contribution is -2.24. The fraction of sp³-hybridized carbons (Fsp3) is 0.333. The third-order valence-electron chi connectivity index (χ3n) is 2.68. The van der Waals surface area contributed by atoms with Crippen molar-refractivity contribution in [3.8, 4) is 0 Å². The van der Waals surface area contributed by atoms with Crippen LogP contribution in [0.3, 0.4) is 0 Å². The number of hydrogen-bond acceptors (Lipinski definition) is 4. The van der Waals surface area contributed by atoms with E-state index in [1.54, 1.807) is 12.5 Å². The van der Waals surface area contributed by atoms with Crippen LogP contribution in [0, 0.1) is 6.92 Å². The molecule has 1 atom stereocenters. The molecule has 0 aromatic carbocycles. The Morgan fingerprint density at radius 1 is 1.65 bits per heavy atom. The predicted molar refractivity (Wildman–Crippen MR) is 61.7 cm³/mol. The van der Waals surface area contributed by atoms with E-state index in [9.17, 15) is 9.90 Å². The molecular weight excluding hydrogens is 220 g/mol. The first-order chi connectivity index (χ1) is 8.11. The van der Waals surface area contributed by atoms with Crippen LogP contribution >= 0.6 is 0 Å². The number of carbonyl (C=O) groups excluding carboxylic acids is 1. The Morgan fingerprint density at radius 3 is 3.12 bits per heavy atom. The molecule has 0 fully saturated rings. The van der Waals surface area contributed by atoms with E-state index in [0.29, 0.717) is 0 Å². The van der Waals surface area contributed by atoms with Crippen molar-refractivity contribution in [2.24, 2.45) is 0 Å². The van der Waals surface area contributed by atoms with Crippen molar-refractivity contribution in [1.82, 2.24) is 9.38 Å². The third kappa shape index (κ3) is 2.29. The van der Waals surface area contributed by atoms with Crippen LogP contribution in [0.25, 0.3) is 5.52 Å². The van der Waals surface area contributed by atoms with Crippen LogP contribution in [0.2, 0.25) is 0 Å². The molecule has 0 saturated heterocycles. The number of carbonyl (C=O) groups is 1. The zero-order valence-electron chi connectivity index (χ0n) is 9.75. The largest absolute Gasteiger partial charge is 0.467 e. The zero-order chi connectivity index (χ0) is 12.4. The van der Waals surface area contributed by atoms with E-state index in [-0.39, 0.29) is 6.42 Å². The van der Waals surface area contributed by atoms with Gasteiger partial charge in [-0.15, -0.1) is 0 Å². The van der Waals surface area contributed by atoms with E-state index in [4.69, 9.17) is 0 Å². The van der Waals surface area contributed by atoms with Gasteiger partial charge in [0.25, 0.3) is 0 Å². The fourth-order valence-electron chi connectivity index (χ4n) is 1.84. The summed E-state index contributed by atoms with van der Waals surface area (Å²) in [6.45, 7) is 1.96. The van der Waals surface area contributed by atoms with Crippen LogP contribution in [0.4, 0.5) is 0 Å². The molecule has 1 unspecified atom stereocenters. The molecule has 2 heterocycles. The number of aliphatic hydroxyl groups is 1. The van der Waals surface area contributed by atoms with E-state index in [1.165, 1.54) is 7.11 Å². The van der Waals surface area contributed by atoms with Gasteiger partial charge in [-0.2, -0.15) is 0 Å². The summed E-state index contributed by atoms with van der Waals surface area (Å²) in [5, 5.41) is 9.59. The van der Waals surface area contributed by atoms with Gasteiger partial charge in [0, 0.05) is 12.6 Å². The number of aliphatic hydroxyl groups excluding tert-OH is 1. The SMILES string of the molecule is COC(=O)C(O)Cc1cc(C)c2cncn2c1. The summed E-state index contributed by atoms with van der Waals surface area (Å²) in [6, 6.07) is 1.93. The van der Waals surface area contributed by atoms with Crippen LogP contribution in [0.1, 0.15) is 11.1 Å².